The smallest absolute Gasteiger partial charge is 0.256 e. The summed E-state index contributed by atoms with van der Waals surface area (Å²) in [5.41, 5.74) is 6.80. The van der Waals surface area contributed by atoms with Gasteiger partial charge in [-0.2, -0.15) is 0 Å². The Morgan fingerprint density at radius 3 is 2.76 bits per heavy atom. The van der Waals surface area contributed by atoms with Crippen LogP contribution in [0.1, 0.15) is 38.6 Å². The first-order valence-corrected chi connectivity index (χ1v) is 14.5. The molecule has 0 fully saturated rings. The number of hydrogen-bond acceptors (Lipinski definition) is 7. The molecule has 224 valence electrons. The van der Waals surface area contributed by atoms with Crippen LogP contribution in [-0.2, 0) is 24.3 Å². The average molecular weight is 602 g/mol. The lowest BCUT2D eigenvalue weighted by atomic mass is 9.99. The minimum atomic E-state index is -0.521. The van der Waals surface area contributed by atoms with Gasteiger partial charge in [-0.05, 0) is 49.7 Å². The Hall–Kier alpha value is -5.55. The molecule has 7 rings (SSSR count). The minimum Gasteiger partial charge on any atom is -0.376 e. The molecule has 1 aliphatic heterocycles. The Bertz CT molecular complexity index is 2170. The summed E-state index contributed by atoms with van der Waals surface area (Å²) >= 11 is 0. The second kappa shape index (κ2) is 11.5. The van der Waals surface area contributed by atoms with Gasteiger partial charge < -0.3 is 15.0 Å². The number of ether oxygens (including phenoxy) is 1. The number of aromatic amines is 1. The molecule has 11 heteroatoms. The molecule has 0 saturated carbocycles. The molecule has 10 nitrogen and oxygen atoms in total. The van der Waals surface area contributed by atoms with Crippen LogP contribution in [-0.4, -0.2) is 42.5 Å². The molecule has 6 aromatic rings. The number of H-pyrrole nitrogens is 1. The number of para-hydroxylation sites is 1. The van der Waals surface area contributed by atoms with Crippen LogP contribution in [0.3, 0.4) is 0 Å². The molecule has 2 N–H and O–H groups in total. The van der Waals surface area contributed by atoms with E-state index in [0.717, 1.165) is 16.7 Å². The van der Waals surface area contributed by atoms with Crippen LogP contribution in [0.2, 0.25) is 0 Å². The number of aryl methyl sites for hydroxylation is 2. The quantitative estimate of drug-likeness (QED) is 0.263. The number of halogens is 1. The first kappa shape index (κ1) is 28.2. The van der Waals surface area contributed by atoms with Gasteiger partial charge in [0.2, 0.25) is 0 Å². The number of nitrogens with zero attached hydrogens (tertiary/aromatic N) is 5. The number of rotatable bonds is 6. The Balaban J connectivity index is 1.16. The lowest BCUT2D eigenvalue weighted by molar-refractivity contribution is 0.102. The molecule has 1 amide bonds. The van der Waals surface area contributed by atoms with Gasteiger partial charge in [-0.3, -0.25) is 9.59 Å². The Morgan fingerprint density at radius 2 is 1.89 bits per heavy atom. The zero-order chi connectivity index (χ0) is 31.1. The van der Waals surface area contributed by atoms with E-state index < -0.39 is 5.82 Å². The molecule has 0 atom stereocenters. The minimum absolute atomic E-state index is 0.145. The van der Waals surface area contributed by atoms with Crippen LogP contribution >= 0.6 is 0 Å². The van der Waals surface area contributed by atoms with Crippen molar-refractivity contribution >= 4 is 22.5 Å². The number of pyridine rings is 1. The maximum atomic E-state index is 15.0. The topological polar surface area (TPSA) is 128 Å². The molecule has 0 spiro atoms. The molecule has 0 radical (unpaired) electrons. The highest BCUT2D eigenvalue weighted by atomic mass is 19.1. The number of nitrogens with one attached hydrogen (secondary N) is 2. The van der Waals surface area contributed by atoms with Crippen LogP contribution in [0.25, 0.3) is 33.4 Å². The Morgan fingerprint density at radius 1 is 1.02 bits per heavy atom. The molecule has 0 aliphatic carbocycles. The SMILES string of the molecule is Cc1ccc(-c2cc(C(=O)Nc3ccc(F)c(-c4cn(Cc5nc6c(c(=O)[nH]5)COCC6)nn4)c3)c3ccccc3n2)c(C)c1. The number of hydrogen-bond donors (Lipinski definition) is 2. The van der Waals surface area contributed by atoms with Gasteiger partial charge in [0, 0.05) is 28.6 Å². The van der Waals surface area contributed by atoms with Gasteiger partial charge >= 0.3 is 0 Å². The number of fused-ring (bicyclic) bond motifs is 2. The van der Waals surface area contributed by atoms with E-state index in [1.54, 1.807) is 12.3 Å². The number of amides is 1. The molecule has 3 aromatic heterocycles. The van der Waals surface area contributed by atoms with E-state index in [1.165, 1.54) is 22.9 Å². The van der Waals surface area contributed by atoms with E-state index in [2.05, 4.69) is 31.7 Å². The molecule has 0 saturated heterocycles. The number of carbonyl (C=O) groups is 1. The number of benzene rings is 3. The first-order chi connectivity index (χ1) is 21.8. The van der Waals surface area contributed by atoms with Gasteiger partial charge in [0.25, 0.3) is 11.5 Å². The van der Waals surface area contributed by atoms with E-state index in [1.807, 2.05) is 50.2 Å². The standard InChI is InChI=1S/C34H28FN7O3/c1-19-7-9-22(20(2)13-19)30-15-24(23-5-3-4-6-28(23)37-30)33(43)36-21-8-10-27(35)25(14-21)31-16-42(41-40-31)17-32-38-29-11-12-45-18-26(29)34(44)39-32/h3-10,13-16H,11-12,17-18H2,1-2H3,(H,36,43)(H,38,39,44). The zero-order valence-corrected chi connectivity index (χ0v) is 24.6. The molecule has 3 aromatic carbocycles. The van der Waals surface area contributed by atoms with Gasteiger partial charge in [-0.25, -0.2) is 19.0 Å². The molecular weight excluding hydrogens is 573 g/mol. The maximum Gasteiger partial charge on any atom is 0.256 e. The van der Waals surface area contributed by atoms with Crippen molar-refractivity contribution in [2.24, 2.45) is 0 Å². The van der Waals surface area contributed by atoms with Gasteiger partial charge in [0.1, 0.15) is 23.9 Å². The van der Waals surface area contributed by atoms with E-state index in [0.29, 0.717) is 58.0 Å². The van der Waals surface area contributed by atoms with E-state index in [-0.39, 0.29) is 35.9 Å². The summed E-state index contributed by atoms with van der Waals surface area (Å²) in [6, 6.07) is 19.7. The zero-order valence-electron chi connectivity index (χ0n) is 24.6. The van der Waals surface area contributed by atoms with Gasteiger partial charge in [0.15, 0.2) is 0 Å². The molecule has 1 aliphatic rings. The fraction of sp³-hybridized carbons (Fsp3) is 0.176. The number of aromatic nitrogens is 6. The second-order valence-corrected chi connectivity index (χ2v) is 11.1. The van der Waals surface area contributed by atoms with Gasteiger partial charge in [0.05, 0.1) is 47.4 Å². The fourth-order valence-electron chi connectivity index (χ4n) is 5.62. The van der Waals surface area contributed by atoms with E-state index in [4.69, 9.17) is 9.72 Å². The van der Waals surface area contributed by atoms with Crippen molar-refractivity contribution < 1.29 is 13.9 Å². The van der Waals surface area contributed by atoms with E-state index >= 15 is 4.39 Å². The fourth-order valence-corrected chi connectivity index (χ4v) is 5.62. The summed E-state index contributed by atoms with van der Waals surface area (Å²) < 4.78 is 21.9. The van der Waals surface area contributed by atoms with Crippen molar-refractivity contribution in [3.63, 3.8) is 0 Å². The molecule has 4 heterocycles. The van der Waals surface area contributed by atoms with Crippen LogP contribution < -0.4 is 10.9 Å². The van der Waals surface area contributed by atoms with Crippen molar-refractivity contribution in [1.29, 1.82) is 0 Å². The largest absolute Gasteiger partial charge is 0.376 e. The van der Waals surface area contributed by atoms with Gasteiger partial charge in [-0.1, -0.05) is 47.2 Å². The first-order valence-electron chi connectivity index (χ1n) is 14.5. The number of anilines is 1. The molecule has 0 bridgehead atoms. The van der Waals surface area contributed by atoms with Crippen molar-refractivity contribution in [2.45, 2.75) is 33.4 Å². The summed E-state index contributed by atoms with van der Waals surface area (Å²) in [6.45, 7) is 4.95. The third-order valence-corrected chi connectivity index (χ3v) is 7.85. The summed E-state index contributed by atoms with van der Waals surface area (Å²) in [5, 5.41) is 11.9. The summed E-state index contributed by atoms with van der Waals surface area (Å²) in [7, 11) is 0. The molecular formula is C34H28FN7O3. The van der Waals surface area contributed by atoms with Crippen LogP contribution in [0.15, 0.2) is 77.7 Å². The summed E-state index contributed by atoms with van der Waals surface area (Å²) in [4.78, 5) is 38.3. The predicted octanol–water partition coefficient (Wildman–Crippen LogP) is 5.37. The third kappa shape index (κ3) is 5.61. The maximum absolute atomic E-state index is 15.0. The van der Waals surface area contributed by atoms with Crippen molar-refractivity contribution in [2.75, 3.05) is 11.9 Å². The summed E-state index contributed by atoms with van der Waals surface area (Å²) in [5.74, 6) is -0.455. The average Bonchev–Trinajstić information content (AvgIpc) is 3.49. The van der Waals surface area contributed by atoms with Crippen molar-refractivity contribution in [3.05, 3.63) is 123 Å². The highest BCUT2D eigenvalue weighted by Gasteiger charge is 2.19. The normalized spacial score (nSPS) is 12.7. The van der Waals surface area contributed by atoms with Crippen molar-refractivity contribution in [1.82, 2.24) is 29.9 Å². The number of carbonyl (C=O) groups excluding carboxylic acids is 1. The van der Waals surface area contributed by atoms with Crippen LogP contribution in [0.5, 0.6) is 0 Å². The lowest BCUT2D eigenvalue weighted by Gasteiger charge is -2.15. The second-order valence-electron chi connectivity index (χ2n) is 11.1. The van der Waals surface area contributed by atoms with Crippen LogP contribution in [0.4, 0.5) is 10.1 Å². The Labute approximate surface area is 256 Å². The highest BCUT2D eigenvalue weighted by molar-refractivity contribution is 6.13. The predicted molar refractivity (Wildman–Crippen MR) is 167 cm³/mol. The Kier molecular flexibility index (Phi) is 7.22. The van der Waals surface area contributed by atoms with Gasteiger partial charge in [-0.15, -0.1) is 5.10 Å². The lowest BCUT2D eigenvalue weighted by Crippen LogP contribution is -2.26. The van der Waals surface area contributed by atoms with Crippen LogP contribution in [0, 0.1) is 19.7 Å². The van der Waals surface area contributed by atoms with Crippen molar-refractivity contribution in [3.8, 4) is 22.5 Å². The van der Waals surface area contributed by atoms with E-state index in [9.17, 15) is 9.59 Å². The molecule has 45 heavy (non-hydrogen) atoms. The third-order valence-electron chi connectivity index (χ3n) is 7.85. The molecule has 0 unspecified atom stereocenters. The monoisotopic (exact) mass is 601 g/mol. The highest BCUT2D eigenvalue weighted by Crippen LogP contribution is 2.29. The summed E-state index contributed by atoms with van der Waals surface area (Å²) in [6.07, 6.45) is 2.12.